The van der Waals surface area contributed by atoms with E-state index in [0.29, 0.717) is 11.8 Å². The van der Waals surface area contributed by atoms with Crippen LogP contribution in [0.25, 0.3) is 10.9 Å². The van der Waals surface area contributed by atoms with Crippen molar-refractivity contribution in [3.63, 3.8) is 0 Å². The van der Waals surface area contributed by atoms with Gasteiger partial charge in [0.15, 0.2) is 0 Å². The molecule has 0 spiro atoms. The number of benzene rings is 1. The monoisotopic (exact) mass is 301 g/mol. The minimum atomic E-state index is -0.316. The van der Waals surface area contributed by atoms with E-state index < -0.39 is 0 Å². The number of aliphatic hydroxyl groups excluding tert-OH is 1. The van der Waals surface area contributed by atoms with E-state index in [0.717, 1.165) is 30.9 Å². The summed E-state index contributed by atoms with van der Waals surface area (Å²) in [4.78, 5) is 21.8. The number of hydrogen-bond donors (Lipinski definition) is 2. The highest BCUT2D eigenvalue weighted by molar-refractivity contribution is 5.77. The number of likely N-dealkylation sites (tertiary alicyclic amines) is 1. The first-order valence-electron chi connectivity index (χ1n) is 8.05. The van der Waals surface area contributed by atoms with E-state index in [1.54, 1.807) is 6.07 Å². The zero-order valence-electron chi connectivity index (χ0n) is 13.0. The molecule has 0 radical (unpaired) electrons. The molecule has 0 saturated carbocycles. The van der Waals surface area contributed by atoms with Crippen LogP contribution in [0.5, 0.6) is 0 Å². The first-order chi connectivity index (χ1) is 10.6. The van der Waals surface area contributed by atoms with Gasteiger partial charge >= 0.3 is 0 Å². The van der Waals surface area contributed by atoms with Gasteiger partial charge in [-0.25, -0.2) is 4.98 Å². The Morgan fingerprint density at radius 2 is 2.23 bits per heavy atom. The number of aromatic amines is 1. The molecule has 1 aromatic heterocycles. The predicted octanol–water partition coefficient (Wildman–Crippen LogP) is 1.70. The summed E-state index contributed by atoms with van der Waals surface area (Å²) in [5.41, 5.74) is 0.665. The molecule has 0 amide bonds. The minimum absolute atomic E-state index is 0.0775. The molecular formula is C17H23N3O2. The van der Waals surface area contributed by atoms with Gasteiger partial charge in [-0.1, -0.05) is 18.6 Å². The molecule has 5 heteroatoms. The lowest BCUT2D eigenvalue weighted by Gasteiger charge is -2.37. The van der Waals surface area contributed by atoms with Crippen LogP contribution in [0.1, 0.15) is 32.0 Å². The lowest BCUT2D eigenvalue weighted by molar-refractivity contribution is 0.0369. The second-order valence-corrected chi connectivity index (χ2v) is 6.12. The molecule has 1 aliphatic rings. The molecule has 2 aromatic rings. The summed E-state index contributed by atoms with van der Waals surface area (Å²) in [5.74, 6) is 0.721. The van der Waals surface area contributed by atoms with Crippen LogP contribution in [0.4, 0.5) is 0 Å². The van der Waals surface area contributed by atoms with Gasteiger partial charge in [-0.2, -0.15) is 0 Å². The van der Waals surface area contributed by atoms with Crippen LogP contribution >= 0.6 is 0 Å². The fraction of sp³-hybridized carbons (Fsp3) is 0.529. The van der Waals surface area contributed by atoms with Crippen LogP contribution in [0.15, 0.2) is 29.1 Å². The highest BCUT2D eigenvalue weighted by Gasteiger charge is 2.25. The number of hydrogen-bond acceptors (Lipinski definition) is 4. The lowest BCUT2D eigenvalue weighted by atomic mass is 9.98. The van der Waals surface area contributed by atoms with Gasteiger partial charge in [0.25, 0.3) is 5.56 Å². The van der Waals surface area contributed by atoms with Gasteiger partial charge in [0.2, 0.25) is 0 Å². The van der Waals surface area contributed by atoms with Gasteiger partial charge in [-0.3, -0.25) is 9.69 Å². The van der Waals surface area contributed by atoms with Crippen molar-refractivity contribution in [3.05, 3.63) is 40.4 Å². The number of piperidine rings is 1. The molecule has 2 unspecified atom stereocenters. The fourth-order valence-electron chi connectivity index (χ4n) is 3.34. The summed E-state index contributed by atoms with van der Waals surface area (Å²) < 4.78 is 0. The highest BCUT2D eigenvalue weighted by Crippen LogP contribution is 2.20. The normalized spacial score (nSPS) is 21.1. The Labute approximate surface area is 130 Å². The van der Waals surface area contributed by atoms with Crippen LogP contribution in [-0.4, -0.2) is 45.2 Å². The second kappa shape index (κ2) is 6.58. The number of nitrogens with zero attached hydrogens (tertiary/aromatic N) is 2. The molecule has 2 heterocycles. The summed E-state index contributed by atoms with van der Waals surface area (Å²) in [5, 5.41) is 10.5. The molecule has 22 heavy (non-hydrogen) atoms. The van der Waals surface area contributed by atoms with Crippen molar-refractivity contribution >= 4 is 10.9 Å². The maximum absolute atomic E-state index is 12.1. The number of H-pyrrole nitrogens is 1. The molecule has 118 valence electrons. The van der Waals surface area contributed by atoms with E-state index in [4.69, 9.17) is 0 Å². The Balaban J connectivity index is 1.74. The fourth-order valence-corrected chi connectivity index (χ4v) is 3.34. The first-order valence-corrected chi connectivity index (χ1v) is 8.05. The molecule has 0 aliphatic carbocycles. The third-order valence-corrected chi connectivity index (χ3v) is 4.52. The van der Waals surface area contributed by atoms with E-state index in [9.17, 15) is 9.90 Å². The van der Waals surface area contributed by atoms with Gasteiger partial charge in [0.1, 0.15) is 5.82 Å². The predicted molar refractivity (Wildman–Crippen MR) is 87.0 cm³/mol. The Morgan fingerprint density at radius 3 is 3.05 bits per heavy atom. The van der Waals surface area contributed by atoms with E-state index in [1.807, 2.05) is 25.1 Å². The average molecular weight is 301 g/mol. The molecule has 3 rings (SSSR count). The van der Waals surface area contributed by atoms with Crippen molar-refractivity contribution in [3.8, 4) is 0 Å². The summed E-state index contributed by atoms with van der Waals surface area (Å²) >= 11 is 0. The van der Waals surface area contributed by atoms with Crippen molar-refractivity contribution in [2.24, 2.45) is 0 Å². The number of para-hydroxylation sites is 1. The largest absolute Gasteiger partial charge is 0.392 e. The zero-order valence-corrected chi connectivity index (χ0v) is 13.0. The molecule has 0 bridgehead atoms. The molecule has 1 fully saturated rings. The average Bonchev–Trinajstić information content (AvgIpc) is 2.53. The Kier molecular flexibility index (Phi) is 4.55. The van der Waals surface area contributed by atoms with Gasteiger partial charge < -0.3 is 10.1 Å². The van der Waals surface area contributed by atoms with Crippen LogP contribution in [0.3, 0.4) is 0 Å². The summed E-state index contributed by atoms with van der Waals surface area (Å²) in [6.45, 7) is 3.68. The minimum Gasteiger partial charge on any atom is -0.392 e. The summed E-state index contributed by atoms with van der Waals surface area (Å²) in [6, 6.07) is 7.63. The molecular weight excluding hydrogens is 278 g/mol. The third kappa shape index (κ3) is 3.20. The zero-order chi connectivity index (χ0) is 15.5. The van der Waals surface area contributed by atoms with Crippen molar-refractivity contribution in [2.45, 2.75) is 44.8 Å². The summed E-state index contributed by atoms with van der Waals surface area (Å²) in [6.07, 6.45) is 3.77. The van der Waals surface area contributed by atoms with Crippen LogP contribution in [0, 0.1) is 0 Å². The molecule has 1 aromatic carbocycles. The topological polar surface area (TPSA) is 69.2 Å². The van der Waals surface area contributed by atoms with Crippen molar-refractivity contribution in [2.75, 3.05) is 13.1 Å². The number of aliphatic hydroxyl groups is 1. The number of rotatable bonds is 4. The standard InChI is InChI=1S/C17H23N3O2/c1-12(21)15-8-4-5-10-20(15)11-9-16-18-14-7-3-2-6-13(14)17(22)19-16/h2-3,6-7,12,15,21H,4-5,8-11H2,1H3,(H,18,19,22). The quantitative estimate of drug-likeness (QED) is 0.902. The van der Waals surface area contributed by atoms with Gasteiger partial charge in [-0.15, -0.1) is 0 Å². The van der Waals surface area contributed by atoms with Crippen LogP contribution in [-0.2, 0) is 6.42 Å². The molecule has 2 atom stereocenters. The lowest BCUT2D eigenvalue weighted by Crippen LogP contribution is -2.46. The first kappa shape index (κ1) is 15.2. The SMILES string of the molecule is CC(O)C1CCCCN1CCc1nc2ccccc2c(=O)[nH]1. The maximum Gasteiger partial charge on any atom is 0.258 e. The van der Waals surface area contributed by atoms with E-state index in [-0.39, 0.29) is 17.7 Å². The maximum atomic E-state index is 12.1. The van der Waals surface area contributed by atoms with Crippen molar-refractivity contribution in [1.82, 2.24) is 14.9 Å². The van der Waals surface area contributed by atoms with Crippen LogP contribution < -0.4 is 5.56 Å². The Hall–Kier alpha value is -1.72. The smallest absolute Gasteiger partial charge is 0.258 e. The second-order valence-electron chi connectivity index (χ2n) is 6.12. The highest BCUT2D eigenvalue weighted by atomic mass is 16.3. The Morgan fingerprint density at radius 1 is 1.41 bits per heavy atom. The van der Waals surface area contributed by atoms with Crippen molar-refractivity contribution < 1.29 is 5.11 Å². The third-order valence-electron chi connectivity index (χ3n) is 4.52. The molecule has 1 aliphatic heterocycles. The van der Waals surface area contributed by atoms with Gasteiger partial charge in [0, 0.05) is 19.0 Å². The Bertz CT molecular complexity index is 696. The number of aromatic nitrogens is 2. The van der Waals surface area contributed by atoms with E-state index in [2.05, 4.69) is 14.9 Å². The van der Waals surface area contributed by atoms with Crippen LogP contribution in [0.2, 0.25) is 0 Å². The molecule has 2 N–H and O–H groups in total. The molecule has 5 nitrogen and oxygen atoms in total. The van der Waals surface area contributed by atoms with Crippen molar-refractivity contribution in [1.29, 1.82) is 0 Å². The van der Waals surface area contributed by atoms with E-state index in [1.165, 1.54) is 12.8 Å². The van der Waals surface area contributed by atoms with Gasteiger partial charge in [-0.05, 0) is 38.4 Å². The van der Waals surface area contributed by atoms with E-state index >= 15 is 0 Å². The number of fused-ring (bicyclic) bond motifs is 1. The number of nitrogens with one attached hydrogen (secondary N) is 1. The van der Waals surface area contributed by atoms with Gasteiger partial charge in [0.05, 0.1) is 17.0 Å². The summed E-state index contributed by atoms with van der Waals surface area (Å²) in [7, 11) is 0. The molecule has 1 saturated heterocycles.